The van der Waals surface area contributed by atoms with Crippen molar-refractivity contribution in [3.63, 3.8) is 0 Å². The monoisotopic (exact) mass is 277 g/mol. The first-order chi connectivity index (χ1) is 9.74. The molecule has 1 rings (SSSR count). The van der Waals surface area contributed by atoms with Crippen molar-refractivity contribution in [2.24, 2.45) is 10.2 Å². The van der Waals surface area contributed by atoms with Crippen LogP contribution in [0.4, 0.5) is 0 Å². The Hall–Kier alpha value is -1.52. The van der Waals surface area contributed by atoms with Crippen molar-refractivity contribution in [3.8, 4) is 0 Å². The second-order valence-corrected chi connectivity index (χ2v) is 5.35. The zero-order chi connectivity index (χ0) is 14.6. The largest absolute Gasteiger partial charge is 0.252 e. The summed E-state index contributed by atoms with van der Waals surface area (Å²) in [5, 5.41) is 16.0. The molecule has 0 aromatic carbocycles. The molecule has 1 heterocycles. The van der Waals surface area contributed by atoms with E-state index in [0.717, 1.165) is 25.2 Å². The molecule has 0 spiro atoms. The van der Waals surface area contributed by atoms with Crippen LogP contribution in [0, 0.1) is 0 Å². The Morgan fingerprint density at radius 2 is 1.90 bits per heavy atom. The summed E-state index contributed by atoms with van der Waals surface area (Å²) in [7, 11) is 0. The molecule has 112 valence electrons. The summed E-state index contributed by atoms with van der Waals surface area (Å²) in [6, 6.07) is 0. The summed E-state index contributed by atoms with van der Waals surface area (Å²) >= 11 is 0. The molecule has 5 nitrogen and oxygen atoms in total. The fraction of sp³-hybridized carbons (Fsp3) is 0.733. The van der Waals surface area contributed by atoms with Gasteiger partial charge in [-0.25, -0.2) is 0 Å². The highest BCUT2D eigenvalue weighted by atomic mass is 15.4. The van der Waals surface area contributed by atoms with E-state index in [-0.39, 0.29) is 0 Å². The fourth-order valence-electron chi connectivity index (χ4n) is 1.97. The number of aromatic nitrogens is 3. The summed E-state index contributed by atoms with van der Waals surface area (Å²) in [5.41, 5.74) is 1.08. The maximum Gasteiger partial charge on any atom is 0.0852 e. The fourth-order valence-corrected chi connectivity index (χ4v) is 1.97. The van der Waals surface area contributed by atoms with Gasteiger partial charge in [0.05, 0.1) is 12.2 Å². The van der Waals surface area contributed by atoms with Crippen molar-refractivity contribution in [1.82, 2.24) is 15.0 Å². The van der Waals surface area contributed by atoms with Gasteiger partial charge in [-0.1, -0.05) is 51.3 Å². The van der Waals surface area contributed by atoms with E-state index in [1.807, 2.05) is 4.68 Å². The quantitative estimate of drug-likeness (QED) is 0.446. The number of rotatable bonds is 11. The SMILES string of the molecule is C=CN=NCCCCCCCCn1cc(C(C)C)nn1. The lowest BCUT2D eigenvalue weighted by atomic mass is 10.1. The van der Waals surface area contributed by atoms with E-state index in [2.05, 4.69) is 47.2 Å². The normalized spacial score (nSPS) is 11.6. The van der Waals surface area contributed by atoms with Gasteiger partial charge in [-0.15, -0.1) is 5.10 Å². The Kier molecular flexibility index (Phi) is 8.51. The van der Waals surface area contributed by atoms with Crippen molar-refractivity contribution in [2.45, 2.75) is 64.8 Å². The van der Waals surface area contributed by atoms with Crippen LogP contribution in [0.25, 0.3) is 0 Å². The van der Waals surface area contributed by atoms with Gasteiger partial charge in [0.25, 0.3) is 0 Å². The molecule has 0 amide bonds. The molecular weight excluding hydrogens is 250 g/mol. The highest BCUT2D eigenvalue weighted by Crippen LogP contribution is 2.10. The van der Waals surface area contributed by atoms with Crippen molar-refractivity contribution in [3.05, 3.63) is 24.7 Å². The zero-order valence-corrected chi connectivity index (χ0v) is 12.8. The molecule has 0 atom stereocenters. The first-order valence-electron chi connectivity index (χ1n) is 7.61. The Bertz CT molecular complexity index is 395. The number of hydrogen-bond acceptors (Lipinski definition) is 4. The van der Waals surface area contributed by atoms with Crippen LogP contribution < -0.4 is 0 Å². The van der Waals surface area contributed by atoms with E-state index in [0.29, 0.717) is 5.92 Å². The van der Waals surface area contributed by atoms with Crippen LogP contribution in [0.1, 0.15) is 64.0 Å². The molecular formula is C15H27N5. The summed E-state index contributed by atoms with van der Waals surface area (Å²) in [6.45, 7) is 9.58. The van der Waals surface area contributed by atoms with Gasteiger partial charge >= 0.3 is 0 Å². The molecule has 0 fully saturated rings. The number of aryl methyl sites for hydroxylation is 1. The Morgan fingerprint density at radius 1 is 1.20 bits per heavy atom. The maximum absolute atomic E-state index is 4.17. The minimum Gasteiger partial charge on any atom is -0.252 e. The zero-order valence-electron chi connectivity index (χ0n) is 12.8. The van der Waals surface area contributed by atoms with Crippen LogP contribution in [-0.4, -0.2) is 21.5 Å². The Labute approximate surface area is 122 Å². The van der Waals surface area contributed by atoms with Crippen molar-refractivity contribution < 1.29 is 0 Å². The van der Waals surface area contributed by atoms with Crippen LogP contribution in [-0.2, 0) is 6.54 Å². The highest BCUT2D eigenvalue weighted by Gasteiger charge is 2.04. The lowest BCUT2D eigenvalue weighted by Crippen LogP contribution is -1.98. The van der Waals surface area contributed by atoms with Crippen molar-refractivity contribution in [2.75, 3.05) is 6.54 Å². The molecule has 0 bridgehead atoms. The van der Waals surface area contributed by atoms with Crippen LogP contribution in [0.15, 0.2) is 29.2 Å². The molecule has 0 radical (unpaired) electrons. The van der Waals surface area contributed by atoms with Gasteiger partial charge in [0.1, 0.15) is 0 Å². The number of azo groups is 1. The molecule has 1 aromatic rings. The van der Waals surface area contributed by atoms with E-state index >= 15 is 0 Å². The standard InChI is InChI=1S/C15H27N5/c1-4-16-17-11-9-7-5-6-8-10-12-20-13-15(14(2)3)18-19-20/h4,13-14H,1,5-12H2,2-3H3. The van der Waals surface area contributed by atoms with Crippen LogP contribution in [0.3, 0.4) is 0 Å². The first kappa shape index (κ1) is 16.5. The summed E-state index contributed by atoms with van der Waals surface area (Å²) < 4.78 is 1.96. The Morgan fingerprint density at radius 3 is 2.55 bits per heavy atom. The second-order valence-electron chi connectivity index (χ2n) is 5.35. The number of hydrogen-bond donors (Lipinski definition) is 0. The van der Waals surface area contributed by atoms with Crippen molar-refractivity contribution >= 4 is 0 Å². The van der Waals surface area contributed by atoms with Crippen LogP contribution >= 0.6 is 0 Å². The molecule has 0 aliphatic carbocycles. The predicted molar refractivity (Wildman–Crippen MR) is 81.7 cm³/mol. The predicted octanol–water partition coefficient (Wildman–Crippen LogP) is 4.34. The van der Waals surface area contributed by atoms with Gasteiger partial charge in [-0.2, -0.15) is 10.2 Å². The molecule has 0 saturated carbocycles. The minimum absolute atomic E-state index is 0.460. The molecule has 20 heavy (non-hydrogen) atoms. The average molecular weight is 277 g/mol. The van der Waals surface area contributed by atoms with Crippen LogP contribution in [0.5, 0.6) is 0 Å². The highest BCUT2D eigenvalue weighted by molar-refractivity contribution is 4.97. The molecule has 0 aliphatic rings. The van der Waals surface area contributed by atoms with Crippen molar-refractivity contribution in [1.29, 1.82) is 0 Å². The second kappa shape index (κ2) is 10.3. The minimum atomic E-state index is 0.460. The van der Waals surface area contributed by atoms with E-state index < -0.39 is 0 Å². The molecule has 1 aromatic heterocycles. The third kappa shape index (κ3) is 7.16. The Balaban J connectivity index is 1.96. The van der Waals surface area contributed by atoms with Gasteiger partial charge in [-0.05, 0) is 18.8 Å². The third-order valence-electron chi connectivity index (χ3n) is 3.21. The molecule has 0 unspecified atom stereocenters. The molecule has 0 aliphatic heterocycles. The molecule has 0 N–H and O–H groups in total. The van der Waals surface area contributed by atoms with Gasteiger partial charge < -0.3 is 0 Å². The average Bonchev–Trinajstić information content (AvgIpc) is 2.90. The van der Waals surface area contributed by atoms with Crippen LogP contribution in [0.2, 0.25) is 0 Å². The number of nitrogens with zero attached hydrogens (tertiary/aromatic N) is 5. The lowest BCUT2D eigenvalue weighted by Gasteiger charge is -2.01. The summed E-state index contributed by atoms with van der Waals surface area (Å²) in [6.07, 6.45) is 10.9. The van der Waals surface area contributed by atoms with E-state index in [4.69, 9.17) is 0 Å². The summed E-state index contributed by atoms with van der Waals surface area (Å²) in [4.78, 5) is 0. The van der Waals surface area contributed by atoms with E-state index in [1.54, 1.807) is 0 Å². The van der Waals surface area contributed by atoms with E-state index in [9.17, 15) is 0 Å². The number of unbranched alkanes of at least 4 members (excludes halogenated alkanes) is 5. The molecule has 5 heteroatoms. The van der Waals surface area contributed by atoms with Gasteiger partial charge in [0.15, 0.2) is 0 Å². The maximum atomic E-state index is 4.17. The first-order valence-corrected chi connectivity index (χ1v) is 7.61. The summed E-state index contributed by atoms with van der Waals surface area (Å²) in [5.74, 6) is 0.460. The van der Waals surface area contributed by atoms with Gasteiger partial charge in [-0.3, -0.25) is 4.68 Å². The third-order valence-corrected chi connectivity index (χ3v) is 3.21. The van der Waals surface area contributed by atoms with Gasteiger partial charge in [0, 0.05) is 18.9 Å². The van der Waals surface area contributed by atoms with E-state index in [1.165, 1.54) is 38.3 Å². The molecule has 0 saturated heterocycles. The smallest absolute Gasteiger partial charge is 0.0852 e. The topological polar surface area (TPSA) is 55.4 Å². The lowest BCUT2D eigenvalue weighted by molar-refractivity contribution is 0.514. The van der Waals surface area contributed by atoms with Gasteiger partial charge in [0.2, 0.25) is 0 Å².